The molecule has 1 heterocycles. The van der Waals surface area contributed by atoms with E-state index in [4.69, 9.17) is 0 Å². The molecule has 0 saturated carbocycles. The normalized spacial score (nSPS) is 13.0. The van der Waals surface area contributed by atoms with Crippen molar-refractivity contribution in [3.8, 4) is 0 Å². The predicted octanol–water partition coefficient (Wildman–Crippen LogP) is 2.22. The maximum atomic E-state index is 12.3. The largest absolute Gasteiger partial charge is 0.355 e. The first-order valence-corrected chi connectivity index (χ1v) is 10.6. The maximum absolute atomic E-state index is 12.3. The lowest BCUT2D eigenvalue weighted by Crippen LogP contribution is -2.44. The third-order valence-corrected chi connectivity index (χ3v) is 6.27. The van der Waals surface area contributed by atoms with Crippen molar-refractivity contribution in [3.63, 3.8) is 0 Å². The number of nitrogens with one attached hydrogen (secondary N) is 2. The zero-order chi connectivity index (χ0) is 20.0. The van der Waals surface area contributed by atoms with Crippen molar-refractivity contribution >= 4 is 39.8 Å². The Morgan fingerprint density at radius 1 is 1.25 bits per heavy atom. The molecule has 1 atom stereocenters. The number of sulfone groups is 1. The molecule has 1 aromatic carbocycles. The number of aliphatic imine (C=N–C) groups is 1. The van der Waals surface area contributed by atoms with Crippen LogP contribution in [0.3, 0.4) is 0 Å². The third-order valence-electron chi connectivity index (χ3n) is 4.54. The van der Waals surface area contributed by atoms with Gasteiger partial charge in [-0.2, -0.15) is 5.10 Å². The fraction of sp³-hybridized carbons (Fsp3) is 0.474. The number of nitrogens with zero attached hydrogens (tertiary/aromatic N) is 3. The van der Waals surface area contributed by atoms with Crippen molar-refractivity contribution in [2.75, 3.05) is 19.3 Å². The summed E-state index contributed by atoms with van der Waals surface area (Å²) >= 11 is 0. The Morgan fingerprint density at radius 3 is 2.43 bits per heavy atom. The highest BCUT2D eigenvalue weighted by molar-refractivity contribution is 14.0. The third kappa shape index (κ3) is 6.47. The molecule has 7 nitrogen and oxygen atoms in total. The first-order valence-electron chi connectivity index (χ1n) is 8.98. The fourth-order valence-corrected chi connectivity index (χ4v) is 4.13. The molecule has 0 aliphatic rings. The van der Waals surface area contributed by atoms with Gasteiger partial charge < -0.3 is 10.6 Å². The van der Waals surface area contributed by atoms with E-state index in [-0.39, 0.29) is 42.3 Å². The highest BCUT2D eigenvalue weighted by Crippen LogP contribution is 2.14. The summed E-state index contributed by atoms with van der Waals surface area (Å²) in [6.45, 7) is 6.42. The summed E-state index contributed by atoms with van der Waals surface area (Å²) in [5.41, 5.74) is 3.40. The molecule has 1 unspecified atom stereocenters. The average Bonchev–Trinajstić information content (AvgIpc) is 2.87. The second-order valence-corrected chi connectivity index (χ2v) is 8.76. The molecule has 2 N–H and O–H groups in total. The van der Waals surface area contributed by atoms with E-state index in [1.165, 1.54) is 5.56 Å². The SMILES string of the molecule is CN=C(NCCS(=O)(=O)c1ccccc1)NC(C)Cc1c(C)nn(C)c1C.I. The van der Waals surface area contributed by atoms with E-state index >= 15 is 0 Å². The van der Waals surface area contributed by atoms with Crippen LogP contribution in [-0.2, 0) is 23.3 Å². The molecule has 0 saturated heterocycles. The number of guanidine groups is 1. The van der Waals surface area contributed by atoms with Gasteiger partial charge in [-0.15, -0.1) is 24.0 Å². The molecule has 2 rings (SSSR count). The monoisotopic (exact) mass is 519 g/mol. The fourth-order valence-electron chi connectivity index (χ4n) is 2.95. The van der Waals surface area contributed by atoms with Crippen molar-refractivity contribution in [1.29, 1.82) is 0 Å². The Hall–Kier alpha value is -1.62. The van der Waals surface area contributed by atoms with Gasteiger partial charge in [0.05, 0.1) is 16.3 Å². The minimum absolute atomic E-state index is 0. The summed E-state index contributed by atoms with van der Waals surface area (Å²) in [6, 6.07) is 8.61. The first-order chi connectivity index (χ1) is 12.7. The van der Waals surface area contributed by atoms with E-state index in [0.717, 1.165) is 17.8 Å². The van der Waals surface area contributed by atoms with Gasteiger partial charge in [0.25, 0.3) is 0 Å². The molecular weight excluding hydrogens is 489 g/mol. The van der Waals surface area contributed by atoms with E-state index < -0.39 is 9.84 Å². The summed E-state index contributed by atoms with van der Waals surface area (Å²) in [5.74, 6) is 0.595. The van der Waals surface area contributed by atoms with Crippen molar-refractivity contribution in [3.05, 3.63) is 47.3 Å². The zero-order valence-corrected chi connectivity index (χ0v) is 20.2. The van der Waals surface area contributed by atoms with Crippen LogP contribution in [0.4, 0.5) is 0 Å². The van der Waals surface area contributed by atoms with Crippen LogP contribution in [0.5, 0.6) is 0 Å². The first kappa shape index (κ1) is 24.4. The lowest BCUT2D eigenvalue weighted by molar-refractivity contribution is 0.593. The van der Waals surface area contributed by atoms with Crippen LogP contribution >= 0.6 is 24.0 Å². The number of aromatic nitrogens is 2. The van der Waals surface area contributed by atoms with Crippen LogP contribution < -0.4 is 10.6 Å². The Labute approximate surface area is 185 Å². The van der Waals surface area contributed by atoms with Gasteiger partial charge in [-0.3, -0.25) is 9.67 Å². The van der Waals surface area contributed by atoms with Gasteiger partial charge >= 0.3 is 0 Å². The van der Waals surface area contributed by atoms with Crippen LogP contribution in [-0.4, -0.2) is 49.5 Å². The number of aryl methyl sites for hydroxylation is 2. The Morgan fingerprint density at radius 2 is 1.89 bits per heavy atom. The highest BCUT2D eigenvalue weighted by Gasteiger charge is 2.16. The summed E-state index contributed by atoms with van der Waals surface area (Å²) in [5, 5.41) is 10.8. The van der Waals surface area contributed by atoms with Crippen molar-refractivity contribution in [2.24, 2.45) is 12.0 Å². The number of rotatable bonds is 7. The Bertz CT molecular complexity index is 895. The summed E-state index contributed by atoms with van der Waals surface area (Å²) in [6.07, 6.45) is 0.814. The molecular formula is C19H30IN5O2S. The lowest BCUT2D eigenvalue weighted by atomic mass is 10.1. The minimum Gasteiger partial charge on any atom is -0.355 e. The van der Waals surface area contributed by atoms with Crippen LogP contribution in [0.25, 0.3) is 0 Å². The van der Waals surface area contributed by atoms with Crippen molar-refractivity contribution in [1.82, 2.24) is 20.4 Å². The van der Waals surface area contributed by atoms with Crippen LogP contribution in [0, 0.1) is 13.8 Å². The van der Waals surface area contributed by atoms with E-state index in [2.05, 4.69) is 34.6 Å². The second kappa shape index (κ2) is 10.8. The molecule has 9 heteroatoms. The predicted molar refractivity (Wildman–Crippen MR) is 124 cm³/mol. The second-order valence-electron chi connectivity index (χ2n) is 6.65. The van der Waals surface area contributed by atoms with Crippen molar-refractivity contribution < 1.29 is 8.42 Å². The average molecular weight is 519 g/mol. The van der Waals surface area contributed by atoms with Crippen LogP contribution in [0.1, 0.15) is 23.9 Å². The zero-order valence-electron chi connectivity index (χ0n) is 17.1. The number of hydrogen-bond donors (Lipinski definition) is 2. The molecule has 0 aliphatic heterocycles. The van der Waals surface area contributed by atoms with Gasteiger partial charge in [-0.05, 0) is 44.9 Å². The molecule has 0 bridgehead atoms. The van der Waals surface area contributed by atoms with Gasteiger partial charge in [0.1, 0.15) is 0 Å². The Balaban J connectivity index is 0.00000392. The molecule has 0 amide bonds. The van der Waals surface area contributed by atoms with E-state index in [1.807, 2.05) is 18.7 Å². The number of benzene rings is 1. The molecule has 1 aromatic heterocycles. The minimum atomic E-state index is -3.31. The topological polar surface area (TPSA) is 88.4 Å². The van der Waals surface area contributed by atoms with E-state index in [1.54, 1.807) is 37.4 Å². The number of hydrogen-bond acceptors (Lipinski definition) is 4. The molecule has 0 aliphatic carbocycles. The van der Waals surface area contributed by atoms with E-state index in [0.29, 0.717) is 10.9 Å². The van der Waals surface area contributed by atoms with Gasteiger partial charge in [0.2, 0.25) is 0 Å². The molecule has 0 radical (unpaired) electrons. The van der Waals surface area contributed by atoms with Gasteiger partial charge in [0, 0.05) is 32.4 Å². The highest BCUT2D eigenvalue weighted by atomic mass is 127. The van der Waals surface area contributed by atoms with Gasteiger partial charge in [-0.25, -0.2) is 8.42 Å². The smallest absolute Gasteiger partial charge is 0.191 e. The summed E-state index contributed by atoms with van der Waals surface area (Å²) in [4.78, 5) is 4.53. The quantitative estimate of drug-likeness (QED) is 0.333. The van der Waals surface area contributed by atoms with Crippen LogP contribution in [0.2, 0.25) is 0 Å². The lowest BCUT2D eigenvalue weighted by Gasteiger charge is -2.18. The maximum Gasteiger partial charge on any atom is 0.191 e. The molecule has 28 heavy (non-hydrogen) atoms. The van der Waals surface area contributed by atoms with Crippen LogP contribution in [0.15, 0.2) is 40.2 Å². The van der Waals surface area contributed by atoms with Gasteiger partial charge in [0.15, 0.2) is 15.8 Å². The molecule has 156 valence electrons. The standard InChI is InChI=1S/C19H29N5O2S.HI/c1-14(13-18-15(2)23-24(5)16(18)3)22-19(20-4)21-11-12-27(25,26)17-9-7-6-8-10-17;/h6-10,14H,11-13H2,1-5H3,(H2,20,21,22);1H. The van der Waals surface area contributed by atoms with Gasteiger partial charge in [-0.1, -0.05) is 18.2 Å². The summed E-state index contributed by atoms with van der Waals surface area (Å²) in [7, 11) is 0.311. The summed E-state index contributed by atoms with van der Waals surface area (Å²) < 4.78 is 26.6. The Kier molecular flexibility index (Phi) is 9.42. The molecule has 0 spiro atoms. The molecule has 2 aromatic rings. The number of halogens is 1. The van der Waals surface area contributed by atoms with Crippen molar-refractivity contribution in [2.45, 2.75) is 38.1 Å². The van der Waals surface area contributed by atoms with E-state index in [9.17, 15) is 8.42 Å². The molecule has 0 fully saturated rings.